The van der Waals surface area contributed by atoms with Gasteiger partial charge in [-0.1, -0.05) is 44.2 Å². The zero-order valence-electron chi connectivity index (χ0n) is 11.7. The van der Waals surface area contributed by atoms with Crippen molar-refractivity contribution in [3.63, 3.8) is 0 Å². The van der Waals surface area contributed by atoms with E-state index in [1.807, 2.05) is 44.2 Å². The maximum Gasteiger partial charge on any atom is 0.351 e. The molecule has 0 spiro atoms. The molecule has 1 aromatic carbocycles. The molecular weight excluding hydrogens is 256 g/mol. The van der Waals surface area contributed by atoms with Crippen LogP contribution in [0.25, 0.3) is 11.1 Å². The highest BCUT2D eigenvalue weighted by atomic mass is 16.5. The molecule has 0 radical (unpaired) electrons. The van der Waals surface area contributed by atoms with Gasteiger partial charge in [-0.15, -0.1) is 0 Å². The molecule has 4 heteroatoms. The lowest BCUT2D eigenvalue weighted by atomic mass is 9.99. The molecule has 0 fully saturated rings. The normalized spacial score (nSPS) is 10.6. The second-order valence-corrected chi connectivity index (χ2v) is 4.74. The third-order valence-electron chi connectivity index (χ3n) is 3.01. The van der Waals surface area contributed by atoms with Gasteiger partial charge in [-0.25, -0.2) is 9.59 Å². The van der Waals surface area contributed by atoms with Crippen LogP contribution in [0.4, 0.5) is 0 Å². The summed E-state index contributed by atoms with van der Waals surface area (Å²) in [6.45, 7) is 3.84. The minimum atomic E-state index is -0.687. The molecule has 0 amide bonds. The van der Waals surface area contributed by atoms with Crippen LogP contribution in [0.15, 0.2) is 45.6 Å². The lowest BCUT2D eigenvalue weighted by Gasteiger charge is -2.10. The number of carbonyl (C=O) groups excluding carboxylic acids is 1. The first kappa shape index (κ1) is 14.1. The van der Waals surface area contributed by atoms with E-state index in [1.165, 1.54) is 7.11 Å². The van der Waals surface area contributed by atoms with Crippen molar-refractivity contribution in [2.24, 2.45) is 0 Å². The van der Waals surface area contributed by atoms with Gasteiger partial charge in [0, 0.05) is 11.5 Å². The van der Waals surface area contributed by atoms with E-state index >= 15 is 0 Å². The van der Waals surface area contributed by atoms with E-state index in [9.17, 15) is 9.59 Å². The van der Waals surface area contributed by atoms with Crippen LogP contribution in [-0.2, 0) is 4.74 Å². The lowest BCUT2D eigenvalue weighted by molar-refractivity contribution is 0.0596. The predicted molar refractivity (Wildman–Crippen MR) is 75.8 cm³/mol. The molecule has 104 valence electrons. The number of methoxy groups -OCH3 is 1. The van der Waals surface area contributed by atoms with Gasteiger partial charge in [-0.3, -0.25) is 0 Å². The van der Waals surface area contributed by atoms with E-state index in [0.717, 1.165) is 5.56 Å². The Labute approximate surface area is 117 Å². The third kappa shape index (κ3) is 2.64. The molecule has 0 aliphatic heterocycles. The van der Waals surface area contributed by atoms with Crippen molar-refractivity contribution in [2.45, 2.75) is 19.8 Å². The molecular formula is C16H16O4. The van der Waals surface area contributed by atoms with Gasteiger partial charge in [0.15, 0.2) is 5.56 Å². The second-order valence-electron chi connectivity index (χ2n) is 4.74. The minimum absolute atomic E-state index is 0.0526. The van der Waals surface area contributed by atoms with Crippen LogP contribution in [-0.4, -0.2) is 13.1 Å². The van der Waals surface area contributed by atoms with Gasteiger partial charge in [-0.05, 0) is 11.6 Å². The summed E-state index contributed by atoms with van der Waals surface area (Å²) in [5.41, 5.74) is 0.588. The second kappa shape index (κ2) is 5.74. The quantitative estimate of drug-likeness (QED) is 0.805. The average molecular weight is 272 g/mol. The monoisotopic (exact) mass is 272 g/mol. The Kier molecular flexibility index (Phi) is 4.03. The molecule has 2 rings (SSSR count). The predicted octanol–water partition coefficient (Wildman–Crippen LogP) is 3.22. The van der Waals surface area contributed by atoms with Gasteiger partial charge >= 0.3 is 11.6 Å². The molecule has 0 unspecified atom stereocenters. The van der Waals surface area contributed by atoms with Crippen molar-refractivity contribution in [3.05, 3.63) is 58.1 Å². The number of carbonyl (C=O) groups is 1. The highest BCUT2D eigenvalue weighted by Gasteiger charge is 2.21. The Balaban J connectivity index is 2.74. The summed E-state index contributed by atoms with van der Waals surface area (Å²) < 4.78 is 9.88. The number of rotatable bonds is 3. The number of ether oxygens (including phenoxy) is 1. The Bertz CT molecular complexity index is 669. The van der Waals surface area contributed by atoms with Gasteiger partial charge in [-0.2, -0.15) is 0 Å². The van der Waals surface area contributed by atoms with Crippen LogP contribution < -0.4 is 5.63 Å². The van der Waals surface area contributed by atoms with Crippen molar-refractivity contribution in [1.82, 2.24) is 0 Å². The number of hydrogen-bond donors (Lipinski definition) is 0. The van der Waals surface area contributed by atoms with Gasteiger partial charge < -0.3 is 9.15 Å². The van der Waals surface area contributed by atoms with E-state index in [2.05, 4.69) is 4.74 Å². The summed E-state index contributed by atoms with van der Waals surface area (Å²) in [5.74, 6) is -0.0914. The van der Waals surface area contributed by atoms with E-state index in [0.29, 0.717) is 11.3 Å². The Morgan fingerprint density at radius 3 is 2.40 bits per heavy atom. The maximum atomic E-state index is 12.1. The van der Waals surface area contributed by atoms with Crippen molar-refractivity contribution in [2.75, 3.05) is 7.11 Å². The minimum Gasteiger partial charge on any atom is -0.465 e. The number of esters is 1. The first-order chi connectivity index (χ1) is 9.54. The van der Waals surface area contributed by atoms with Crippen molar-refractivity contribution < 1.29 is 13.9 Å². The highest BCUT2D eigenvalue weighted by Crippen LogP contribution is 2.26. The van der Waals surface area contributed by atoms with Crippen LogP contribution in [0.5, 0.6) is 0 Å². The van der Waals surface area contributed by atoms with Crippen LogP contribution in [0.1, 0.15) is 35.9 Å². The van der Waals surface area contributed by atoms with Crippen molar-refractivity contribution in [3.8, 4) is 11.1 Å². The van der Waals surface area contributed by atoms with E-state index in [1.54, 1.807) is 6.07 Å². The molecule has 20 heavy (non-hydrogen) atoms. The van der Waals surface area contributed by atoms with Crippen LogP contribution in [0, 0.1) is 0 Å². The van der Waals surface area contributed by atoms with Gasteiger partial charge in [0.1, 0.15) is 5.76 Å². The fraction of sp³-hybridized carbons (Fsp3) is 0.250. The standard InChI is InChI=1S/C16H16O4/c1-10(2)13-9-12(11-7-5-4-6-8-11)14(15(17)19-3)16(18)20-13/h4-10H,1-3H3. The third-order valence-corrected chi connectivity index (χ3v) is 3.01. The highest BCUT2D eigenvalue weighted by molar-refractivity contribution is 5.96. The zero-order chi connectivity index (χ0) is 14.7. The zero-order valence-corrected chi connectivity index (χ0v) is 11.7. The van der Waals surface area contributed by atoms with Crippen LogP contribution in [0.2, 0.25) is 0 Å². The van der Waals surface area contributed by atoms with E-state index in [4.69, 9.17) is 4.42 Å². The Morgan fingerprint density at radius 1 is 1.20 bits per heavy atom. The summed E-state index contributed by atoms with van der Waals surface area (Å²) in [4.78, 5) is 23.9. The molecule has 0 aliphatic carbocycles. The van der Waals surface area contributed by atoms with Crippen LogP contribution >= 0.6 is 0 Å². The summed E-state index contributed by atoms with van der Waals surface area (Å²) in [6, 6.07) is 11.0. The molecule has 2 aromatic rings. The van der Waals surface area contributed by atoms with E-state index in [-0.39, 0.29) is 11.5 Å². The van der Waals surface area contributed by atoms with E-state index < -0.39 is 11.6 Å². The average Bonchev–Trinajstić information content (AvgIpc) is 2.46. The Morgan fingerprint density at radius 2 is 1.85 bits per heavy atom. The lowest BCUT2D eigenvalue weighted by Crippen LogP contribution is -2.18. The molecule has 1 heterocycles. The molecule has 0 atom stereocenters. The van der Waals surface area contributed by atoms with Crippen molar-refractivity contribution in [1.29, 1.82) is 0 Å². The number of hydrogen-bond acceptors (Lipinski definition) is 4. The molecule has 0 saturated carbocycles. The summed E-state index contributed by atoms with van der Waals surface area (Å²) in [7, 11) is 1.24. The fourth-order valence-corrected chi connectivity index (χ4v) is 1.94. The van der Waals surface area contributed by atoms with Crippen molar-refractivity contribution >= 4 is 5.97 Å². The van der Waals surface area contributed by atoms with Gasteiger partial charge in [0.2, 0.25) is 0 Å². The molecule has 0 saturated heterocycles. The molecule has 0 N–H and O–H groups in total. The van der Waals surface area contributed by atoms with Crippen LogP contribution in [0.3, 0.4) is 0 Å². The topological polar surface area (TPSA) is 56.5 Å². The number of benzene rings is 1. The summed E-state index contributed by atoms with van der Waals surface area (Å²) in [6.07, 6.45) is 0. The van der Waals surface area contributed by atoms with Gasteiger partial charge in [0.05, 0.1) is 7.11 Å². The molecule has 0 aliphatic rings. The summed E-state index contributed by atoms with van der Waals surface area (Å²) >= 11 is 0. The van der Waals surface area contributed by atoms with Gasteiger partial charge in [0.25, 0.3) is 0 Å². The molecule has 1 aromatic heterocycles. The molecule has 0 bridgehead atoms. The smallest absolute Gasteiger partial charge is 0.351 e. The largest absolute Gasteiger partial charge is 0.465 e. The first-order valence-corrected chi connectivity index (χ1v) is 6.36. The summed E-state index contributed by atoms with van der Waals surface area (Å²) in [5, 5.41) is 0. The Hall–Kier alpha value is -2.36. The molecule has 4 nitrogen and oxygen atoms in total. The SMILES string of the molecule is COC(=O)c1c(-c2ccccc2)cc(C(C)C)oc1=O. The first-order valence-electron chi connectivity index (χ1n) is 6.36. The maximum absolute atomic E-state index is 12.1. The fourth-order valence-electron chi connectivity index (χ4n) is 1.94.